The van der Waals surface area contributed by atoms with E-state index in [0.29, 0.717) is 51.7 Å². The maximum atomic E-state index is 9.81. The molecular formula is C26H30ClN9O3. The van der Waals surface area contributed by atoms with Crippen LogP contribution in [0.15, 0.2) is 30.7 Å². The number of aryl methyl sites for hydroxylation is 2. The Bertz CT molecular complexity index is 1680. The van der Waals surface area contributed by atoms with Gasteiger partial charge in [-0.2, -0.15) is 15.2 Å². The molecule has 2 atom stereocenters. The third-order valence-electron chi connectivity index (χ3n) is 6.86. The van der Waals surface area contributed by atoms with Crippen molar-refractivity contribution in [3.63, 3.8) is 0 Å². The number of hydrogen-bond donors (Lipinski definition) is 2. The minimum atomic E-state index is -0.288. The highest BCUT2D eigenvalue weighted by Crippen LogP contribution is 2.37. The van der Waals surface area contributed by atoms with E-state index in [1.807, 2.05) is 35.5 Å². The lowest BCUT2D eigenvalue weighted by Gasteiger charge is -2.25. The number of aliphatic hydroxyl groups excluding tert-OH is 1. The maximum absolute atomic E-state index is 9.81. The number of ether oxygens (including phenoxy) is 2. The van der Waals surface area contributed by atoms with Crippen LogP contribution in [0.4, 0.5) is 11.8 Å². The normalized spacial score (nSPS) is 17.9. The van der Waals surface area contributed by atoms with Crippen molar-refractivity contribution in [1.82, 2.24) is 38.9 Å². The van der Waals surface area contributed by atoms with Crippen molar-refractivity contribution < 1.29 is 14.6 Å². The monoisotopic (exact) mass is 551 g/mol. The first-order valence-corrected chi connectivity index (χ1v) is 13.1. The van der Waals surface area contributed by atoms with Gasteiger partial charge in [0.2, 0.25) is 5.95 Å². The molecule has 2 N–H and O–H groups in total. The summed E-state index contributed by atoms with van der Waals surface area (Å²) in [6.07, 6.45) is 5.48. The Hall–Kier alpha value is -3.74. The summed E-state index contributed by atoms with van der Waals surface area (Å²) in [5.74, 6) is 2.03. The summed E-state index contributed by atoms with van der Waals surface area (Å²) in [5, 5.41) is 22.7. The molecule has 39 heavy (non-hydrogen) atoms. The van der Waals surface area contributed by atoms with Crippen molar-refractivity contribution in [2.24, 2.45) is 7.05 Å². The Balaban J connectivity index is 1.32. The van der Waals surface area contributed by atoms with Crippen molar-refractivity contribution in [3.8, 4) is 11.5 Å². The molecule has 5 aromatic heterocycles. The Morgan fingerprint density at radius 2 is 2.05 bits per heavy atom. The van der Waals surface area contributed by atoms with Crippen LogP contribution < -0.4 is 10.1 Å². The first kappa shape index (κ1) is 25.5. The minimum Gasteiger partial charge on any atom is -0.452 e. The van der Waals surface area contributed by atoms with Crippen molar-refractivity contribution in [3.05, 3.63) is 47.1 Å². The molecule has 5 aromatic rings. The minimum absolute atomic E-state index is 0.0457. The molecule has 0 bridgehead atoms. The van der Waals surface area contributed by atoms with Gasteiger partial charge in [-0.25, -0.2) is 14.5 Å². The number of halogens is 1. The molecule has 1 saturated heterocycles. The average Bonchev–Trinajstić information content (AvgIpc) is 3.65. The highest BCUT2D eigenvalue weighted by atomic mass is 35.5. The Kier molecular flexibility index (Phi) is 6.20. The van der Waals surface area contributed by atoms with Gasteiger partial charge in [-0.05, 0) is 13.3 Å². The van der Waals surface area contributed by atoms with Crippen LogP contribution in [0.5, 0.6) is 11.5 Å². The van der Waals surface area contributed by atoms with Crippen LogP contribution >= 0.6 is 11.6 Å². The lowest BCUT2D eigenvalue weighted by atomic mass is 9.91. The molecule has 0 amide bonds. The van der Waals surface area contributed by atoms with Gasteiger partial charge in [-0.1, -0.05) is 32.4 Å². The number of fused-ring (bicyclic) bond motifs is 2. The molecule has 6 rings (SSSR count). The van der Waals surface area contributed by atoms with Gasteiger partial charge in [0.1, 0.15) is 16.6 Å². The number of pyridine rings is 1. The second kappa shape index (κ2) is 9.47. The predicted molar refractivity (Wildman–Crippen MR) is 146 cm³/mol. The van der Waals surface area contributed by atoms with Gasteiger partial charge in [-0.3, -0.25) is 4.68 Å². The first-order valence-electron chi connectivity index (χ1n) is 12.7. The number of anilines is 2. The van der Waals surface area contributed by atoms with Crippen LogP contribution in [0.1, 0.15) is 44.6 Å². The lowest BCUT2D eigenvalue weighted by molar-refractivity contribution is 0.0391. The molecule has 0 radical (unpaired) electrons. The van der Waals surface area contributed by atoms with Gasteiger partial charge in [0.05, 0.1) is 36.9 Å². The fraction of sp³-hybridized carbons (Fsp3) is 0.423. The zero-order valence-corrected chi connectivity index (χ0v) is 23.1. The van der Waals surface area contributed by atoms with E-state index >= 15 is 0 Å². The van der Waals surface area contributed by atoms with Crippen LogP contribution in [0.2, 0.25) is 5.02 Å². The van der Waals surface area contributed by atoms with Gasteiger partial charge < -0.3 is 24.5 Å². The average molecular weight is 552 g/mol. The van der Waals surface area contributed by atoms with Crippen molar-refractivity contribution in [2.75, 3.05) is 18.5 Å². The van der Waals surface area contributed by atoms with E-state index in [1.165, 1.54) is 0 Å². The van der Waals surface area contributed by atoms with E-state index in [-0.39, 0.29) is 24.2 Å². The Morgan fingerprint density at radius 3 is 2.82 bits per heavy atom. The maximum Gasteiger partial charge on any atom is 0.210 e. The number of nitrogens with zero attached hydrogens (tertiary/aromatic N) is 8. The SMILES string of the molecule is Cc1cn2ncc(Oc3cnc4nc(Nc5cc(C(C)(C)C)n([C@H]6CCO[C@@H]6CO)n5)n(C)c4c3Cl)cc2n1. The topological polar surface area (TPSA) is 129 Å². The molecule has 0 aliphatic carbocycles. The molecule has 0 aromatic carbocycles. The number of imidazole rings is 2. The zero-order valence-electron chi connectivity index (χ0n) is 22.4. The van der Waals surface area contributed by atoms with E-state index in [1.54, 1.807) is 23.0 Å². The van der Waals surface area contributed by atoms with Crippen LogP contribution in [0, 0.1) is 6.92 Å². The summed E-state index contributed by atoms with van der Waals surface area (Å²) in [6, 6.07) is 3.75. The Labute approximate surface area is 229 Å². The van der Waals surface area contributed by atoms with Crippen LogP contribution in [-0.2, 0) is 17.2 Å². The third-order valence-corrected chi connectivity index (χ3v) is 7.23. The second-order valence-corrected chi connectivity index (χ2v) is 11.1. The van der Waals surface area contributed by atoms with Crippen LogP contribution in [0.25, 0.3) is 16.8 Å². The zero-order chi connectivity index (χ0) is 27.5. The Morgan fingerprint density at radius 1 is 1.23 bits per heavy atom. The molecule has 1 aliphatic rings. The quantitative estimate of drug-likeness (QED) is 0.317. The smallest absolute Gasteiger partial charge is 0.210 e. The van der Waals surface area contributed by atoms with E-state index in [9.17, 15) is 5.11 Å². The summed E-state index contributed by atoms with van der Waals surface area (Å²) in [7, 11) is 1.85. The number of hydrogen-bond acceptors (Lipinski definition) is 9. The van der Waals surface area contributed by atoms with Gasteiger partial charge in [-0.15, -0.1) is 0 Å². The number of rotatable bonds is 6. The van der Waals surface area contributed by atoms with E-state index < -0.39 is 0 Å². The fourth-order valence-electron chi connectivity index (χ4n) is 4.93. The number of nitrogens with one attached hydrogen (secondary N) is 1. The highest BCUT2D eigenvalue weighted by Gasteiger charge is 2.34. The molecule has 1 fully saturated rings. The van der Waals surface area contributed by atoms with Crippen LogP contribution in [0.3, 0.4) is 0 Å². The van der Waals surface area contributed by atoms with Crippen LogP contribution in [-0.4, -0.2) is 63.3 Å². The molecule has 12 nitrogen and oxygen atoms in total. The van der Waals surface area contributed by atoms with Crippen molar-refractivity contribution in [1.29, 1.82) is 0 Å². The van der Waals surface area contributed by atoms with Gasteiger partial charge in [0.25, 0.3) is 0 Å². The second-order valence-electron chi connectivity index (χ2n) is 10.8. The van der Waals surface area contributed by atoms with Gasteiger partial charge in [0, 0.05) is 36.9 Å². The highest BCUT2D eigenvalue weighted by molar-refractivity contribution is 6.36. The molecule has 0 spiro atoms. The van der Waals surface area contributed by atoms with Crippen molar-refractivity contribution >= 4 is 40.2 Å². The van der Waals surface area contributed by atoms with E-state index in [0.717, 1.165) is 17.8 Å². The van der Waals surface area contributed by atoms with E-state index in [2.05, 4.69) is 46.1 Å². The molecule has 0 unspecified atom stereocenters. The molecular weight excluding hydrogens is 522 g/mol. The van der Waals surface area contributed by atoms with Gasteiger partial charge in [0.15, 0.2) is 28.6 Å². The van der Waals surface area contributed by atoms with Crippen molar-refractivity contribution in [2.45, 2.75) is 51.7 Å². The standard InChI is InChI=1S/C26H30ClN9O3/c1-14-12-35-21(30-14)8-15(10-29-35)39-17-11-28-24-23(22(17)27)34(5)25(32-24)31-20-9-19(26(2,3)4)36(33-20)16-6-7-38-18(16)13-37/h8-12,16,18,37H,6-7,13H2,1-5H3,(H,28,31,32,33)/t16-,18+/m0/s1. The lowest BCUT2D eigenvalue weighted by Crippen LogP contribution is -2.29. The molecule has 0 saturated carbocycles. The number of aromatic nitrogens is 8. The third kappa shape index (κ3) is 4.58. The largest absolute Gasteiger partial charge is 0.452 e. The summed E-state index contributed by atoms with van der Waals surface area (Å²) in [6.45, 7) is 8.84. The molecule has 13 heteroatoms. The molecule has 204 valence electrons. The summed E-state index contributed by atoms with van der Waals surface area (Å²) >= 11 is 6.79. The predicted octanol–water partition coefficient (Wildman–Crippen LogP) is 4.33. The van der Waals surface area contributed by atoms with Gasteiger partial charge >= 0.3 is 0 Å². The fourth-order valence-corrected chi connectivity index (χ4v) is 5.23. The van der Waals surface area contributed by atoms with E-state index in [4.69, 9.17) is 26.2 Å². The summed E-state index contributed by atoms with van der Waals surface area (Å²) < 4.78 is 17.2. The molecule has 6 heterocycles. The molecule has 1 aliphatic heterocycles. The first-order chi connectivity index (χ1) is 18.6. The number of aliphatic hydroxyl groups is 1. The summed E-state index contributed by atoms with van der Waals surface area (Å²) in [4.78, 5) is 13.6. The summed E-state index contributed by atoms with van der Waals surface area (Å²) in [5.41, 5.74) is 3.47.